The van der Waals surface area contributed by atoms with E-state index in [0.29, 0.717) is 5.92 Å². The molecule has 0 radical (unpaired) electrons. The molecule has 3 aromatic rings. The molecule has 0 saturated carbocycles. The van der Waals surface area contributed by atoms with E-state index in [0.717, 1.165) is 31.6 Å². The molecule has 0 aliphatic carbocycles. The van der Waals surface area contributed by atoms with Crippen LogP contribution in [-0.4, -0.2) is 22.9 Å². The first-order chi connectivity index (χ1) is 11.8. The standard InChI is InChI=1S/C21H23N3/c1-16-7-9-17(10-8-16)20-15-23-24(19-5-3-2-4-6-19)21(20)18-11-13-22-14-12-18/h2-10,15,18,22H,11-14H2,1H3. The Balaban J connectivity index is 1.84. The van der Waals surface area contributed by atoms with E-state index in [4.69, 9.17) is 5.10 Å². The quantitative estimate of drug-likeness (QED) is 0.780. The Kier molecular flexibility index (Phi) is 4.18. The topological polar surface area (TPSA) is 29.9 Å². The fraction of sp³-hybridized carbons (Fsp3) is 0.286. The largest absolute Gasteiger partial charge is 0.317 e. The maximum absolute atomic E-state index is 4.76. The molecule has 24 heavy (non-hydrogen) atoms. The van der Waals surface area contributed by atoms with Crippen molar-refractivity contribution in [1.29, 1.82) is 0 Å². The molecule has 2 aromatic carbocycles. The van der Waals surface area contributed by atoms with Gasteiger partial charge in [-0.3, -0.25) is 0 Å². The summed E-state index contributed by atoms with van der Waals surface area (Å²) in [5.41, 5.74) is 6.32. The smallest absolute Gasteiger partial charge is 0.0649 e. The first-order valence-corrected chi connectivity index (χ1v) is 8.74. The predicted octanol–water partition coefficient (Wildman–Crippen LogP) is 4.31. The van der Waals surface area contributed by atoms with Gasteiger partial charge in [0, 0.05) is 11.5 Å². The summed E-state index contributed by atoms with van der Waals surface area (Å²) in [5.74, 6) is 0.547. The van der Waals surface area contributed by atoms with E-state index in [1.807, 2.05) is 6.20 Å². The Hall–Kier alpha value is -2.39. The van der Waals surface area contributed by atoms with Crippen molar-refractivity contribution in [2.45, 2.75) is 25.7 Å². The highest BCUT2D eigenvalue weighted by Crippen LogP contribution is 2.35. The van der Waals surface area contributed by atoms with Crippen LogP contribution in [0.4, 0.5) is 0 Å². The molecule has 4 rings (SSSR count). The molecule has 1 N–H and O–H groups in total. The summed E-state index contributed by atoms with van der Waals surface area (Å²) in [7, 11) is 0. The van der Waals surface area contributed by atoms with E-state index in [1.165, 1.54) is 22.4 Å². The molecule has 1 saturated heterocycles. The number of para-hydroxylation sites is 1. The van der Waals surface area contributed by atoms with Crippen LogP contribution in [-0.2, 0) is 0 Å². The summed E-state index contributed by atoms with van der Waals surface area (Å²) in [6, 6.07) is 19.3. The number of benzene rings is 2. The van der Waals surface area contributed by atoms with Crippen molar-refractivity contribution in [3.8, 4) is 16.8 Å². The number of aryl methyl sites for hydroxylation is 1. The second kappa shape index (κ2) is 6.62. The van der Waals surface area contributed by atoms with Gasteiger partial charge in [0.15, 0.2) is 0 Å². The fourth-order valence-corrected chi connectivity index (χ4v) is 3.58. The van der Waals surface area contributed by atoms with E-state index < -0.39 is 0 Å². The lowest BCUT2D eigenvalue weighted by Gasteiger charge is -2.25. The van der Waals surface area contributed by atoms with Gasteiger partial charge in [0.25, 0.3) is 0 Å². The van der Waals surface area contributed by atoms with Crippen molar-refractivity contribution in [3.63, 3.8) is 0 Å². The van der Waals surface area contributed by atoms with Crippen molar-refractivity contribution in [3.05, 3.63) is 72.1 Å². The Morgan fingerprint density at radius 3 is 2.38 bits per heavy atom. The summed E-state index contributed by atoms with van der Waals surface area (Å²) < 4.78 is 2.14. The molecular weight excluding hydrogens is 294 g/mol. The summed E-state index contributed by atoms with van der Waals surface area (Å²) in [5, 5.41) is 8.23. The molecule has 0 atom stereocenters. The van der Waals surface area contributed by atoms with Crippen LogP contribution in [0.2, 0.25) is 0 Å². The maximum atomic E-state index is 4.76. The Morgan fingerprint density at radius 2 is 1.67 bits per heavy atom. The van der Waals surface area contributed by atoms with Crippen LogP contribution in [0.5, 0.6) is 0 Å². The molecule has 0 unspecified atom stereocenters. The lowest BCUT2D eigenvalue weighted by atomic mass is 9.89. The number of hydrogen-bond acceptors (Lipinski definition) is 2. The molecule has 3 nitrogen and oxygen atoms in total. The van der Waals surface area contributed by atoms with Gasteiger partial charge < -0.3 is 5.32 Å². The van der Waals surface area contributed by atoms with Crippen molar-refractivity contribution in [1.82, 2.24) is 15.1 Å². The Morgan fingerprint density at radius 1 is 0.958 bits per heavy atom. The van der Waals surface area contributed by atoms with Gasteiger partial charge in [0.2, 0.25) is 0 Å². The van der Waals surface area contributed by atoms with E-state index in [1.54, 1.807) is 0 Å². The van der Waals surface area contributed by atoms with Crippen LogP contribution in [0.1, 0.15) is 30.0 Å². The normalized spacial score (nSPS) is 15.5. The number of piperidine rings is 1. The number of nitrogens with one attached hydrogen (secondary N) is 1. The summed E-state index contributed by atoms with van der Waals surface area (Å²) in [6.07, 6.45) is 4.36. The minimum Gasteiger partial charge on any atom is -0.317 e. The number of nitrogens with zero attached hydrogens (tertiary/aromatic N) is 2. The minimum absolute atomic E-state index is 0.547. The lowest BCUT2D eigenvalue weighted by molar-refractivity contribution is 0.446. The van der Waals surface area contributed by atoms with Gasteiger partial charge in [0.1, 0.15) is 0 Å². The first kappa shape index (κ1) is 15.2. The third kappa shape index (κ3) is 2.87. The third-order valence-corrected chi connectivity index (χ3v) is 4.90. The van der Waals surface area contributed by atoms with Crippen LogP contribution in [0, 0.1) is 6.92 Å². The van der Waals surface area contributed by atoms with Gasteiger partial charge in [-0.1, -0.05) is 48.0 Å². The van der Waals surface area contributed by atoms with Gasteiger partial charge >= 0.3 is 0 Å². The fourth-order valence-electron chi connectivity index (χ4n) is 3.58. The SMILES string of the molecule is Cc1ccc(-c2cnn(-c3ccccc3)c2C2CCNCC2)cc1. The summed E-state index contributed by atoms with van der Waals surface area (Å²) in [4.78, 5) is 0. The minimum atomic E-state index is 0.547. The molecule has 1 aromatic heterocycles. The second-order valence-corrected chi connectivity index (χ2v) is 6.58. The maximum Gasteiger partial charge on any atom is 0.0649 e. The molecule has 0 amide bonds. The molecule has 0 spiro atoms. The molecule has 0 bridgehead atoms. The molecular formula is C21H23N3. The lowest BCUT2D eigenvalue weighted by Crippen LogP contribution is -2.28. The van der Waals surface area contributed by atoms with Crippen molar-refractivity contribution in [2.24, 2.45) is 0 Å². The van der Waals surface area contributed by atoms with E-state index in [-0.39, 0.29) is 0 Å². The van der Waals surface area contributed by atoms with Gasteiger partial charge in [-0.15, -0.1) is 0 Å². The van der Waals surface area contributed by atoms with E-state index in [2.05, 4.69) is 71.5 Å². The third-order valence-electron chi connectivity index (χ3n) is 4.90. The number of hydrogen-bond donors (Lipinski definition) is 1. The monoisotopic (exact) mass is 317 g/mol. The Bertz CT molecular complexity index is 797. The van der Waals surface area contributed by atoms with Crippen molar-refractivity contribution in [2.75, 3.05) is 13.1 Å². The van der Waals surface area contributed by atoms with Crippen LogP contribution in [0.3, 0.4) is 0 Å². The highest BCUT2D eigenvalue weighted by Gasteiger charge is 2.24. The van der Waals surface area contributed by atoms with E-state index in [9.17, 15) is 0 Å². The Labute approximate surface area is 143 Å². The summed E-state index contributed by atoms with van der Waals surface area (Å²) >= 11 is 0. The molecule has 2 heterocycles. The van der Waals surface area contributed by atoms with Crippen LogP contribution >= 0.6 is 0 Å². The first-order valence-electron chi connectivity index (χ1n) is 8.74. The van der Waals surface area contributed by atoms with Gasteiger partial charge in [-0.2, -0.15) is 5.10 Å². The summed E-state index contributed by atoms with van der Waals surface area (Å²) in [6.45, 7) is 4.29. The molecule has 3 heteroatoms. The van der Waals surface area contributed by atoms with Gasteiger partial charge in [0.05, 0.1) is 17.6 Å². The van der Waals surface area contributed by atoms with Crippen molar-refractivity contribution >= 4 is 0 Å². The van der Waals surface area contributed by atoms with Crippen molar-refractivity contribution < 1.29 is 0 Å². The predicted molar refractivity (Wildman–Crippen MR) is 98.6 cm³/mol. The average molecular weight is 317 g/mol. The van der Waals surface area contributed by atoms with Crippen LogP contribution < -0.4 is 5.32 Å². The number of rotatable bonds is 3. The second-order valence-electron chi connectivity index (χ2n) is 6.58. The van der Waals surface area contributed by atoms with Gasteiger partial charge in [-0.05, 0) is 50.6 Å². The number of aromatic nitrogens is 2. The zero-order valence-electron chi connectivity index (χ0n) is 14.1. The highest BCUT2D eigenvalue weighted by molar-refractivity contribution is 5.67. The van der Waals surface area contributed by atoms with Crippen LogP contribution in [0.15, 0.2) is 60.8 Å². The van der Waals surface area contributed by atoms with Crippen LogP contribution in [0.25, 0.3) is 16.8 Å². The zero-order chi connectivity index (χ0) is 16.4. The molecule has 122 valence electrons. The van der Waals surface area contributed by atoms with Gasteiger partial charge in [-0.25, -0.2) is 4.68 Å². The van der Waals surface area contributed by atoms with E-state index >= 15 is 0 Å². The highest BCUT2D eigenvalue weighted by atomic mass is 15.3. The average Bonchev–Trinajstić information content (AvgIpc) is 3.09. The molecule has 1 fully saturated rings. The molecule has 1 aliphatic heterocycles. The molecule has 1 aliphatic rings. The zero-order valence-corrected chi connectivity index (χ0v) is 14.1.